The van der Waals surface area contributed by atoms with Gasteiger partial charge in [0.25, 0.3) is 0 Å². The third-order valence-corrected chi connectivity index (χ3v) is 4.83. The SMILES string of the molecule is CCC1(CC)CN(c2cc(OC)ccc2OC)C(C)CN1. The average molecular weight is 292 g/mol. The lowest BCUT2D eigenvalue weighted by molar-refractivity contribution is 0.252. The standard InChI is InChI=1S/C17H28N2O2/c1-6-17(7-2)12-19(13(3)11-18-17)15-10-14(20-4)8-9-16(15)21-5/h8-10,13,18H,6-7,11-12H2,1-5H3. The van der Waals surface area contributed by atoms with Gasteiger partial charge in [-0.1, -0.05) is 13.8 Å². The van der Waals surface area contributed by atoms with Crippen molar-refractivity contribution < 1.29 is 9.47 Å². The zero-order chi connectivity index (χ0) is 15.5. The molecule has 0 aromatic heterocycles. The van der Waals surface area contributed by atoms with Crippen LogP contribution in [0.25, 0.3) is 0 Å². The summed E-state index contributed by atoms with van der Waals surface area (Å²) in [5, 5.41) is 3.73. The fourth-order valence-corrected chi connectivity index (χ4v) is 3.08. The molecule has 0 saturated carbocycles. The highest BCUT2D eigenvalue weighted by molar-refractivity contribution is 5.63. The molecule has 21 heavy (non-hydrogen) atoms. The molecule has 4 nitrogen and oxygen atoms in total. The average Bonchev–Trinajstić information content (AvgIpc) is 2.55. The minimum absolute atomic E-state index is 0.181. The zero-order valence-electron chi connectivity index (χ0n) is 13.9. The van der Waals surface area contributed by atoms with Gasteiger partial charge in [0.1, 0.15) is 11.5 Å². The number of hydrogen-bond donors (Lipinski definition) is 1. The van der Waals surface area contributed by atoms with Gasteiger partial charge >= 0.3 is 0 Å². The topological polar surface area (TPSA) is 33.7 Å². The minimum atomic E-state index is 0.181. The van der Waals surface area contributed by atoms with E-state index in [0.717, 1.165) is 43.1 Å². The molecule has 1 atom stereocenters. The van der Waals surface area contributed by atoms with Crippen molar-refractivity contribution in [3.8, 4) is 11.5 Å². The summed E-state index contributed by atoms with van der Waals surface area (Å²) in [6.07, 6.45) is 2.25. The molecule has 1 aliphatic heterocycles. The van der Waals surface area contributed by atoms with E-state index in [1.54, 1.807) is 14.2 Å². The summed E-state index contributed by atoms with van der Waals surface area (Å²) in [7, 11) is 3.43. The van der Waals surface area contributed by atoms with Gasteiger partial charge in [0, 0.05) is 30.7 Å². The van der Waals surface area contributed by atoms with E-state index < -0.39 is 0 Å². The lowest BCUT2D eigenvalue weighted by atomic mass is 9.88. The molecule has 1 saturated heterocycles. The van der Waals surface area contributed by atoms with Crippen molar-refractivity contribution >= 4 is 5.69 Å². The molecule has 1 aromatic carbocycles. The molecule has 118 valence electrons. The normalized spacial score (nSPS) is 21.2. The van der Waals surface area contributed by atoms with E-state index in [1.165, 1.54) is 0 Å². The van der Waals surface area contributed by atoms with Crippen LogP contribution in [0.2, 0.25) is 0 Å². The minimum Gasteiger partial charge on any atom is -0.497 e. The molecule has 0 aliphatic carbocycles. The molecular formula is C17H28N2O2. The molecule has 1 heterocycles. The maximum atomic E-state index is 5.56. The van der Waals surface area contributed by atoms with Gasteiger partial charge in [-0.3, -0.25) is 0 Å². The Kier molecular flexibility index (Phi) is 4.99. The van der Waals surface area contributed by atoms with Crippen LogP contribution in [-0.2, 0) is 0 Å². The predicted octanol–water partition coefficient (Wildman–Crippen LogP) is 3.06. The molecule has 0 bridgehead atoms. The number of ether oxygens (including phenoxy) is 2. The van der Waals surface area contributed by atoms with Crippen molar-refractivity contribution in [3.05, 3.63) is 18.2 Å². The summed E-state index contributed by atoms with van der Waals surface area (Å²) in [6, 6.07) is 6.44. The maximum Gasteiger partial charge on any atom is 0.142 e. The number of hydrogen-bond acceptors (Lipinski definition) is 4. The first kappa shape index (κ1) is 16.0. The molecule has 1 aliphatic rings. The number of methoxy groups -OCH3 is 2. The van der Waals surface area contributed by atoms with Crippen molar-refractivity contribution in [1.82, 2.24) is 5.32 Å². The zero-order valence-corrected chi connectivity index (χ0v) is 13.9. The Bertz CT molecular complexity index is 472. The Labute approximate surface area is 128 Å². The lowest BCUT2D eigenvalue weighted by Crippen LogP contribution is -2.63. The number of rotatable bonds is 5. The van der Waals surface area contributed by atoms with E-state index in [4.69, 9.17) is 9.47 Å². The van der Waals surface area contributed by atoms with Gasteiger partial charge < -0.3 is 19.7 Å². The smallest absolute Gasteiger partial charge is 0.142 e. The van der Waals surface area contributed by atoms with Crippen molar-refractivity contribution in [3.63, 3.8) is 0 Å². The Morgan fingerprint density at radius 3 is 2.52 bits per heavy atom. The molecule has 0 spiro atoms. The van der Waals surface area contributed by atoms with Gasteiger partial charge in [-0.25, -0.2) is 0 Å². The molecule has 2 rings (SSSR count). The summed E-state index contributed by atoms with van der Waals surface area (Å²) >= 11 is 0. The van der Waals surface area contributed by atoms with Gasteiger partial charge in [0.2, 0.25) is 0 Å². The van der Waals surface area contributed by atoms with Crippen LogP contribution in [0.1, 0.15) is 33.6 Å². The second-order valence-corrected chi connectivity index (χ2v) is 5.88. The molecule has 1 unspecified atom stereocenters. The second-order valence-electron chi connectivity index (χ2n) is 5.88. The number of piperazine rings is 1. The van der Waals surface area contributed by atoms with Gasteiger partial charge in [-0.15, -0.1) is 0 Å². The van der Waals surface area contributed by atoms with Crippen LogP contribution >= 0.6 is 0 Å². The van der Waals surface area contributed by atoms with Crippen LogP contribution in [0.5, 0.6) is 11.5 Å². The van der Waals surface area contributed by atoms with Gasteiger partial charge in [0.05, 0.1) is 19.9 Å². The van der Waals surface area contributed by atoms with E-state index in [9.17, 15) is 0 Å². The van der Waals surface area contributed by atoms with Crippen molar-refractivity contribution in [2.75, 3.05) is 32.2 Å². The Morgan fingerprint density at radius 2 is 1.95 bits per heavy atom. The van der Waals surface area contributed by atoms with E-state index in [0.29, 0.717) is 6.04 Å². The van der Waals surface area contributed by atoms with Crippen molar-refractivity contribution in [2.45, 2.75) is 45.2 Å². The van der Waals surface area contributed by atoms with E-state index >= 15 is 0 Å². The predicted molar refractivity (Wildman–Crippen MR) is 87.7 cm³/mol. The molecule has 1 fully saturated rings. The van der Waals surface area contributed by atoms with Gasteiger partial charge in [0.15, 0.2) is 0 Å². The maximum absolute atomic E-state index is 5.56. The Balaban J connectivity index is 2.38. The first-order valence-electron chi connectivity index (χ1n) is 7.82. The summed E-state index contributed by atoms with van der Waals surface area (Å²) in [6.45, 7) is 8.74. The third-order valence-electron chi connectivity index (χ3n) is 4.83. The largest absolute Gasteiger partial charge is 0.497 e. The number of nitrogens with zero attached hydrogens (tertiary/aromatic N) is 1. The molecule has 0 radical (unpaired) electrons. The third kappa shape index (κ3) is 3.10. The molecule has 4 heteroatoms. The van der Waals surface area contributed by atoms with Crippen LogP contribution in [-0.4, -0.2) is 38.9 Å². The lowest BCUT2D eigenvalue weighted by Gasteiger charge is -2.48. The van der Waals surface area contributed by atoms with Crippen LogP contribution in [0.4, 0.5) is 5.69 Å². The van der Waals surface area contributed by atoms with Crippen LogP contribution in [0, 0.1) is 0 Å². The molecule has 1 aromatic rings. The van der Waals surface area contributed by atoms with E-state index in [2.05, 4.69) is 37.1 Å². The molecule has 1 N–H and O–H groups in total. The highest BCUT2D eigenvalue weighted by atomic mass is 16.5. The van der Waals surface area contributed by atoms with Crippen LogP contribution in [0.15, 0.2) is 18.2 Å². The molecular weight excluding hydrogens is 264 g/mol. The van der Waals surface area contributed by atoms with Crippen molar-refractivity contribution in [1.29, 1.82) is 0 Å². The summed E-state index contributed by atoms with van der Waals surface area (Å²) in [5.74, 6) is 1.78. The Hall–Kier alpha value is -1.42. The summed E-state index contributed by atoms with van der Waals surface area (Å²) in [4.78, 5) is 2.45. The first-order chi connectivity index (χ1) is 10.1. The monoisotopic (exact) mass is 292 g/mol. The first-order valence-corrected chi connectivity index (χ1v) is 7.82. The fraction of sp³-hybridized carbons (Fsp3) is 0.647. The van der Waals surface area contributed by atoms with Crippen LogP contribution in [0.3, 0.4) is 0 Å². The highest BCUT2D eigenvalue weighted by Gasteiger charge is 2.36. The van der Waals surface area contributed by atoms with Gasteiger partial charge in [-0.2, -0.15) is 0 Å². The quantitative estimate of drug-likeness (QED) is 0.904. The molecule has 0 amide bonds. The van der Waals surface area contributed by atoms with Crippen LogP contribution < -0.4 is 19.7 Å². The van der Waals surface area contributed by atoms with Crippen molar-refractivity contribution in [2.24, 2.45) is 0 Å². The van der Waals surface area contributed by atoms with Gasteiger partial charge in [-0.05, 0) is 31.9 Å². The summed E-state index contributed by atoms with van der Waals surface area (Å²) in [5.41, 5.74) is 1.30. The summed E-state index contributed by atoms with van der Waals surface area (Å²) < 4.78 is 11.0. The van der Waals surface area contributed by atoms with E-state index in [-0.39, 0.29) is 5.54 Å². The number of benzene rings is 1. The highest BCUT2D eigenvalue weighted by Crippen LogP contribution is 2.36. The second kappa shape index (κ2) is 6.56. The number of nitrogens with one attached hydrogen (secondary N) is 1. The Morgan fingerprint density at radius 1 is 1.24 bits per heavy atom. The van der Waals surface area contributed by atoms with E-state index in [1.807, 2.05) is 12.1 Å². The fourth-order valence-electron chi connectivity index (χ4n) is 3.08. The number of anilines is 1.